The summed E-state index contributed by atoms with van der Waals surface area (Å²) in [6.45, 7) is 0.211. The highest BCUT2D eigenvalue weighted by Gasteiger charge is 2.38. The molecule has 2 aromatic carbocycles. The fraction of sp³-hybridized carbons (Fsp3) is 0.348. The number of rotatable bonds is 3. The zero-order chi connectivity index (χ0) is 24.3. The molecule has 1 aliphatic heterocycles. The lowest BCUT2D eigenvalue weighted by molar-refractivity contribution is -0.192. The summed E-state index contributed by atoms with van der Waals surface area (Å²) in [4.78, 5) is 29.8. The molecule has 0 bridgehead atoms. The maximum absolute atomic E-state index is 12.7. The standard InChI is InChI=1S/C21H21N3O3.C2HF3O2/c25-21(14-8-9-18-19(11-14)27-12-26-18)22-15-5-3-4-13(10-15)20-23-16-6-1-2-7-17(16)24-20;3-2(4,5)1(6)7/h1-2,6-9,11,13,15H,3-5,10,12H2,(H,22,25)(H,23,24);(H,6,7)/t13-,15+;/m0./s1. The third-order valence-electron chi connectivity index (χ3n) is 5.68. The number of ether oxygens (including phenoxy) is 2. The monoisotopic (exact) mass is 477 g/mol. The number of halogens is 3. The van der Waals surface area contributed by atoms with Gasteiger partial charge in [-0.2, -0.15) is 13.2 Å². The number of carbonyl (C=O) groups excluding carboxylic acids is 1. The number of aliphatic carboxylic acids is 1. The second kappa shape index (κ2) is 9.62. The summed E-state index contributed by atoms with van der Waals surface area (Å²) < 4.78 is 42.4. The molecule has 0 saturated heterocycles. The van der Waals surface area contributed by atoms with Gasteiger partial charge in [0.2, 0.25) is 6.79 Å². The van der Waals surface area contributed by atoms with Crippen LogP contribution < -0.4 is 14.8 Å². The topological polar surface area (TPSA) is 114 Å². The molecule has 8 nitrogen and oxygen atoms in total. The van der Waals surface area contributed by atoms with E-state index in [0.29, 0.717) is 23.0 Å². The number of imidazole rings is 1. The Labute approximate surface area is 192 Å². The normalized spacial score (nSPS) is 19.3. The molecular weight excluding hydrogens is 455 g/mol. The number of nitrogens with zero attached hydrogens (tertiary/aromatic N) is 1. The van der Waals surface area contributed by atoms with E-state index >= 15 is 0 Å². The van der Waals surface area contributed by atoms with Crippen molar-refractivity contribution in [3.8, 4) is 11.5 Å². The van der Waals surface area contributed by atoms with E-state index in [4.69, 9.17) is 24.4 Å². The minimum absolute atomic E-state index is 0.0662. The summed E-state index contributed by atoms with van der Waals surface area (Å²) in [7, 11) is 0. The largest absolute Gasteiger partial charge is 0.490 e. The Bertz CT molecular complexity index is 1160. The number of benzene rings is 2. The number of fused-ring (bicyclic) bond motifs is 2. The summed E-state index contributed by atoms with van der Waals surface area (Å²) in [6, 6.07) is 13.6. The number of H-pyrrole nitrogens is 1. The number of amides is 1. The highest BCUT2D eigenvalue weighted by molar-refractivity contribution is 5.95. The van der Waals surface area contributed by atoms with Crippen molar-refractivity contribution < 1.29 is 37.3 Å². The van der Waals surface area contributed by atoms with E-state index in [0.717, 1.165) is 42.5 Å². The van der Waals surface area contributed by atoms with Crippen LogP contribution in [0, 0.1) is 0 Å². The van der Waals surface area contributed by atoms with Gasteiger partial charge in [0.15, 0.2) is 11.5 Å². The van der Waals surface area contributed by atoms with Gasteiger partial charge in [0.1, 0.15) is 5.82 Å². The summed E-state index contributed by atoms with van der Waals surface area (Å²) in [6.07, 6.45) is -1.02. The number of hydrogen-bond donors (Lipinski definition) is 3. The quantitative estimate of drug-likeness (QED) is 0.516. The number of aromatic nitrogens is 2. The first kappa shape index (κ1) is 23.4. The van der Waals surface area contributed by atoms with Gasteiger partial charge in [0.05, 0.1) is 11.0 Å². The Kier molecular flexibility index (Phi) is 6.62. The van der Waals surface area contributed by atoms with E-state index in [-0.39, 0.29) is 18.7 Å². The Hall–Kier alpha value is -3.76. The molecule has 0 radical (unpaired) electrons. The first-order chi connectivity index (χ1) is 16.2. The van der Waals surface area contributed by atoms with Gasteiger partial charge in [-0.05, 0) is 49.6 Å². The maximum Gasteiger partial charge on any atom is 0.490 e. The summed E-state index contributed by atoms with van der Waals surface area (Å²) >= 11 is 0. The van der Waals surface area contributed by atoms with Crippen LogP contribution in [-0.2, 0) is 4.79 Å². The zero-order valence-corrected chi connectivity index (χ0v) is 17.9. The predicted octanol–water partition coefficient (Wildman–Crippen LogP) is 4.38. The summed E-state index contributed by atoms with van der Waals surface area (Å²) in [5.74, 6) is -0.136. The van der Waals surface area contributed by atoms with Crippen LogP contribution in [0.25, 0.3) is 11.0 Å². The number of hydrogen-bond acceptors (Lipinski definition) is 5. The van der Waals surface area contributed by atoms with Crippen LogP contribution in [-0.4, -0.2) is 46.0 Å². The molecule has 5 rings (SSSR count). The van der Waals surface area contributed by atoms with Crippen molar-refractivity contribution in [3.05, 3.63) is 53.9 Å². The number of alkyl halides is 3. The van der Waals surface area contributed by atoms with Crippen LogP contribution >= 0.6 is 0 Å². The van der Waals surface area contributed by atoms with Crippen molar-refractivity contribution >= 4 is 22.9 Å². The van der Waals surface area contributed by atoms with Gasteiger partial charge in [0.25, 0.3) is 5.91 Å². The fourth-order valence-corrected chi connectivity index (χ4v) is 4.04. The Balaban J connectivity index is 0.000000344. The van der Waals surface area contributed by atoms with Gasteiger partial charge < -0.3 is 24.9 Å². The number of carboxylic acid groups (broad SMARTS) is 1. The van der Waals surface area contributed by atoms with Gasteiger partial charge in [-0.25, -0.2) is 9.78 Å². The lowest BCUT2D eigenvalue weighted by Gasteiger charge is -2.28. The fourth-order valence-electron chi connectivity index (χ4n) is 4.04. The predicted molar refractivity (Wildman–Crippen MR) is 115 cm³/mol. The summed E-state index contributed by atoms with van der Waals surface area (Å²) in [5.41, 5.74) is 2.67. The molecule has 1 aromatic heterocycles. The Morgan fingerprint density at radius 1 is 1.09 bits per heavy atom. The average Bonchev–Trinajstić information content (AvgIpc) is 3.45. The van der Waals surface area contributed by atoms with Crippen molar-refractivity contribution in [3.63, 3.8) is 0 Å². The third kappa shape index (κ3) is 5.41. The molecule has 2 heterocycles. The first-order valence-corrected chi connectivity index (χ1v) is 10.7. The maximum atomic E-state index is 12.7. The lowest BCUT2D eigenvalue weighted by Crippen LogP contribution is -2.38. The second-order valence-electron chi connectivity index (χ2n) is 8.04. The molecular formula is C23H22F3N3O5. The minimum atomic E-state index is -5.08. The minimum Gasteiger partial charge on any atom is -0.475 e. The number of carboxylic acids is 1. The highest BCUT2D eigenvalue weighted by atomic mass is 19.4. The number of nitrogens with one attached hydrogen (secondary N) is 2. The molecule has 1 amide bonds. The van der Waals surface area contributed by atoms with Gasteiger partial charge in [-0.1, -0.05) is 18.6 Å². The van der Waals surface area contributed by atoms with Crippen LogP contribution in [0.15, 0.2) is 42.5 Å². The second-order valence-corrected chi connectivity index (χ2v) is 8.04. The Morgan fingerprint density at radius 2 is 1.82 bits per heavy atom. The van der Waals surface area contributed by atoms with Crippen LogP contribution in [0.4, 0.5) is 13.2 Å². The molecule has 0 unspecified atom stereocenters. The molecule has 2 atom stereocenters. The SMILES string of the molecule is O=C(N[C@@H]1CCC[C@H](c2nc3ccccc3[nH]2)C1)c1ccc2c(c1)OCO2.O=C(O)C(F)(F)F. The van der Waals surface area contributed by atoms with E-state index in [1.165, 1.54) is 0 Å². The number of carbonyl (C=O) groups is 2. The molecule has 34 heavy (non-hydrogen) atoms. The van der Waals surface area contributed by atoms with Gasteiger partial charge >= 0.3 is 12.1 Å². The van der Waals surface area contributed by atoms with Crippen molar-refractivity contribution in [1.82, 2.24) is 15.3 Å². The molecule has 1 aliphatic carbocycles. The molecule has 180 valence electrons. The molecule has 0 spiro atoms. The molecule has 11 heteroatoms. The Morgan fingerprint density at radius 3 is 2.56 bits per heavy atom. The smallest absolute Gasteiger partial charge is 0.475 e. The van der Waals surface area contributed by atoms with Crippen molar-refractivity contribution in [2.45, 2.75) is 43.8 Å². The van der Waals surface area contributed by atoms with Crippen LogP contribution in [0.1, 0.15) is 47.8 Å². The van der Waals surface area contributed by atoms with E-state index in [2.05, 4.69) is 10.3 Å². The lowest BCUT2D eigenvalue weighted by atomic mass is 9.85. The number of para-hydroxylation sites is 2. The third-order valence-corrected chi connectivity index (χ3v) is 5.68. The van der Waals surface area contributed by atoms with Gasteiger partial charge in [-0.3, -0.25) is 4.79 Å². The molecule has 2 aliphatic rings. The van der Waals surface area contributed by atoms with E-state index in [9.17, 15) is 18.0 Å². The molecule has 3 N–H and O–H groups in total. The number of aromatic amines is 1. The van der Waals surface area contributed by atoms with Gasteiger partial charge in [-0.15, -0.1) is 0 Å². The first-order valence-electron chi connectivity index (χ1n) is 10.7. The van der Waals surface area contributed by atoms with E-state index in [1.807, 2.05) is 24.3 Å². The van der Waals surface area contributed by atoms with Crippen molar-refractivity contribution in [2.75, 3.05) is 6.79 Å². The zero-order valence-electron chi connectivity index (χ0n) is 17.9. The average molecular weight is 477 g/mol. The van der Waals surface area contributed by atoms with Crippen molar-refractivity contribution in [2.24, 2.45) is 0 Å². The summed E-state index contributed by atoms with van der Waals surface area (Å²) in [5, 5.41) is 10.3. The molecule has 1 saturated carbocycles. The van der Waals surface area contributed by atoms with Crippen LogP contribution in [0.5, 0.6) is 11.5 Å². The highest BCUT2D eigenvalue weighted by Crippen LogP contribution is 2.34. The molecule has 1 fully saturated rings. The van der Waals surface area contributed by atoms with E-state index < -0.39 is 12.1 Å². The van der Waals surface area contributed by atoms with Crippen molar-refractivity contribution in [1.29, 1.82) is 0 Å². The van der Waals surface area contributed by atoms with E-state index in [1.54, 1.807) is 18.2 Å². The molecule has 3 aromatic rings. The van der Waals surface area contributed by atoms with Gasteiger partial charge in [0, 0.05) is 17.5 Å². The van der Waals surface area contributed by atoms with Crippen LogP contribution in [0.2, 0.25) is 0 Å². The van der Waals surface area contributed by atoms with Crippen LogP contribution in [0.3, 0.4) is 0 Å².